The molecule has 1 aromatic heterocycles. The van der Waals surface area contributed by atoms with E-state index in [1.165, 1.54) is 6.07 Å². The van der Waals surface area contributed by atoms with Gasteiger partial charge in [-0.2, -0.15) is 0 Å². The van der Waals surface area contributed by atoms with E-state index in [9.17, 15) is 4.39 Å². The zero-order chi connectivity index (χ0) is 14.8. The van der Waals surface area contributed by atoms with Crippen LogP contribution in [0.25, 0.3) is 0 Å². The predicted octanol–water partition coefficient (Wildman–Crippen LogP) is 2.54. The number of aromatic nitrogens is 4. The third-order valence-electron chi connectivity index (χ3n) is 4.12. The van der Waals surface area contributed by atoms with Crippen molar-refractivity contribution >= 4 is 11.6 Å². The minimum absolute atomic E-state index is 0.128. The van der Waals surface area contributed by atoms with E-state index in [1.54, 1.807) is 17.1 Å². The largest absolute Gasteiger partial charge is 0.317 e. The van der Waals surface area contributed by atoms with E-state index in [0.717, 1.165) is 37.1 Å². The third kappa shape index (κ3) is 2.91. The maximum Gasteiger partial charge on any atom is 0.142 e. The third-order valence-corrected chi connectivity index (χ3v) is 4.41. The van der Waals surface area contributed by atoms with Crippen LogP contribution < -0.4 is 5.32 Å². The molecule has 0 radical (unpaired) electrons. The molecule has 7 heteroatoms. The standard InChI is InChI=1S/C14H17ClFN5/c1-9(21-8-18-19-20-21)11-7-14(16)13(15)6-12(11)10-2-4-17-5-3-10/h6-10,17H,2-5H2,1H3/t9-/m1/s1. The number of hydrogen-bond acceptors (Lipinski definition) is 4. The van der Waals surface area contributed by atoms with Crippen molar-refractivity contribution in [3.05, 3.63) is 40.4 Å². The normalized spacial score (nSPS) is 17.9. The summed E-state index contributed by atoms with van der Waals surface area (Å²) in [5, 5.41) is 14.7. The number of halogens is 2. The van der Waals surface area contributed by atoms with Crippen LogP contribution >= 0.6 is 11.6 Å². The fraction of sp³-hybridized carbons (Fsp3) is 0.500. The van der Waals surface area contributed by atoms with Gasteiger partial charge < -0.3 is 5.32 Å². The Morgan fingerprint density at radius 1 is 1.38 bits per heavy atom. The highest BCUT2D eigenvalue weighted by atomic mass is 35.5. The fourth-order valence-electron chi connectivity index (χ4n) is 2.91. The van der Waals surface area contributed by atoms with Crippen LogP contribution in [-0.2, 0) is 0 Å². The Morgan fingerprint density at radius 3 is 2.81 bits per heavy atom. The second-order valence-corrected chi connectivity index (χ2v) is 5.79. The molecule has 1 N–H and O–H groups in total. The van der Waals surface area contributed by atoms with Crippen LogP contribution in [0.4, 0.5) is 4.39 Å². The lowest BCUT2D eigenvalue weighted by atomic mass is 9.85. The number of rotatable bonds is 3. The van der Waals surface area contributed by atoms with Crippen molar-refractivity contribution in [3.8, 4) is 0 Å². The summed E-state index contributed by atoms with van der Waals surface area (Å²) >= 11 is 6.00. The molecule has 2 heterocycles. The summed E-state index contributed by atoms with van der Waals surface area (Å²) in [7, 11) is 0. The first-order valence-corrected chi connectivity index (χ1v) is 7.46. The van der Waals surface area contributed by atoms with Gasteiger partial charge in [-0.15, -0.1) is 5.10 Å². The Bertz CT molecular complexity index is 610. The van der Waals surface area contributed by atoms with Crippen molar-refractivity contribution in [2.45, 2.75) is 31.7 Å². The summed E-state index contributed by atoms with van der Waals surface area (Å²) in [4.78, 5) is 0. The SMILES string of the molecule is C[C@H](c1cc(F)c(Cl)cc1C1CCNCC1)n1cnnn1. The lowest BCUT2D eigenvalue weighted by Gasteiger charge is -2.27. The van der Waals surface area contributed by atoms with E-state index >= 15 is 0 Å². The number of nitrogens with one attached hydrogen (secondary N) is 1. The number of nitrogens with zero attached hydrogens (tertiary/aromatic N) is 4. The van der Waals surface area contributed by atoms with Crippen LogP contribution in [0.2, 0.25) is 5.02 Å². The molecule has 0 bridgehead atoms. The van der Waals surface area contributed by atoms with Crippen molar-refractivity contribution in [2.75, 3.05) is 13.1 Å². The number of hydrogen-bond donors (Lipinski definition) is 1. The highest BCUT2D eigenvalue weighted by molar-refractivity contribution is 6.30. The van der Waals surface area contributed by atoms with E-state index in [-0.39, 0.29) is 11.1 Å². The lowest BCUT2D eigenvalue weighted by Crippen LogP contribution is -2.27. The first-order chi connectivity index (χ1) is 10.2. The van der Waals surface area contributed by atoms with Gasteiger partial charge in [0.1, 0.15) is 12.1 Å². The molecule has 0 saturated carbocycles. The molecule has 1 saturated heterocycles. The molecule has 1 aliphatic rings. The monoisotopic (exact) mass is 309 g/mol. The molecular weight excluding hydrogens is 293 g/mol. The van der Waals surface area contributed by atoms with Crippen LogP contribution in [0, 0.1) is 5.82 Å². The molecule has 21 heavy (non-hydrogen) atoms. The molecule has 112 valence electrons. The molecule has 1 atom stereocenters. The van der Waals surface area contributed by atoms with Crippen molar-refractivity contribution < 1.29 is 4.39 Å². The first-order valence-electron chi connectivity index (χ1n) is 7.09. The van der Waals surface area contributed by atoms with Crippen LogP contribution in [-0.4, -0.2) is 33.3 Å². The van der Waals surface area contributed by atoms with Gasteiger partial charge in [0.15, 0.2) is 0 Å². The first kappa shape index (κ1) is 14.4. The van der Waals surface area contributed by atoms with Crippen LogP contribution in [0.1, 0.15) is 42.9 Å². The van der Waals surface area contributed by atoms with E-state index in [2.05, 4.69) is 20.8 Å². The molecule has 0 spiro atoms. The summed E-state index contributed by atoms with van der Waals surface area (Å²) in [6.45, 7) is 3.90. The number of piperidine rings is 1. The lowest BCUT2D eigenvalue weighted by molar-refractivity contribution is 0.450. The minimum Gasteiger partial charge on any atom is -0.317 e. The van der Waals surface area contributed by atoms with Gasteiger partial charge in [-0.25, -0.2) is 9.07 Å². The maximum atomic E-state index is 13.9. The van der Waals surface area contributed by atoms with Crippen molar-refractivity contribution in [1.82, 2.24) is 25.5 Å². The Morgan fingerprint density at radius 2 is 2.14 bits per heavy atom. The van der Waals surface area contributed by atoms with Gasteiger partial charge in [-0.3, -0.25) is 0 Å². The van der Waals surface area contributed by atoms with Crippen molar-refractivity contribution in [2.24, 2.45) is 0 Å². The highest BCUT2D eigenvalue weighted by Gasteiger charge is 2.23. The summed E-state index contributed by atoms with van der Waals surface area (Å²) in [5.41, 5.74) is 2.00. The Hall–Kier alpha value is -1.53. The van der Waals surface area contributed by atoms with Crippen LogP contribution in [0.5, 0.6) is 0 Å². The fourth-order valence-corrected chi connectivity index (χ4v) is 3.09. The smallest absolute Gasteiger partial charge is 0.142 e. The van der Waals surface area contributed by atoms with Gasteiger partial charge in [0, 0.05) is 0 Å². The zero-order valence-corrected chi connectivity index (χ0v) is 12.5. The molecular formula is C14H17ClFN5. The van der Waals surface area contributed by atoms with Gasteiger partial charge in [0.05, 0.1) is 11.1 Å². The average Bonchev–Trinajstić information content (AvgIpc) is 3.04. The zero-order valence-electron chi connectivity index (χ0n) is 11.8. The van der Waals surface area contributed by atoms with Crippen LogP contribution in [0.15, 0.2) is 18.5 Å². The molecule has 1 fully saturated rings. The molecule has 2 aromatic rings. The van der Waals surface area contributed by atoms with Gasteiger partial charge in [0.2, 0.25) is 0 Å². The molecule has 1 aromatic carbocycles. The molecule has 3 rings (SSSR count). The average molecular weight is 310 g/mol. The van der Waals surface area contributed by atoms with E-state index in [4.69, 9.17) is 11.6 Å². The van der Waals surface area contributed by atoms with E-state index < -0.39 is 5.82 Å². The predicted molar refractivity (Wildman–Crippen MR) is 77.9 cm³/mol. The molecule has 1 aliphatic heterocycles. The summed E-state index contributed by atoms with van der Waals surface area (Å²) < 4.78 is 15.6. The Labute approximate surface area is 127 Å². The Kier molecular flexibility index (Phi) is 4.17. The van der Waals surface area contributed by atoms with E-state index in [0.29, 0.717) is 5.92 Å². The molecule has 5 nitrogen and oxygen atoms in total. The summed E-state index contributed by atoms with van der Waals surface area (Å²) in [6, 6.07) is 3.16. The Balaban J connectivity index is 2.02. The minimum atomic E-state index is -0.399. The van der Waals surface area contributed by atoms with Crippen molar-refractivity contribution in [3.63, 3.8) is 0 Å². The summed E-state index contributed by atoms with van der Waals surface area (Å²) in [5.74, 6) is -0.0115. The maximum absolute atomic E-state index is 13.9. The second-order valence-electron chi connectivity index (χ2n) is 5.39. The van der Waals surface area contributed by atoms with E-state index in [1.807, 2.05) is 6.92 Å². The summed E-state index contributed by atoms with van der Waals surface area (Å²) in [6.07, 6.45) is 3.60. The van der Waals surface area contributed by atoms with Gasteiger partial charge in [-0.05, 0) is 72.5 Å². The second kappa shape index (κ2) is 6.07. The van der Waals surface area contributed by atoms with Crippen LogP contribution in [0.3, 0.4) is 0 Å². The molecule has 0 unspecified atom stereocenters. The highest BCUT2D eigenvalue weighted by Crippen LogP contribution is 2.35. The quantitative estimate of drug-likeness (QED) is 0.946. The molecule has 0 aliphatic carbocycles. The number of tetrazole rings is 1. The van der Waals surface area contributed by atoms with Gasteiger partial charge >= 0.3 is 0 Å². The van der Waals surface area contributed by atoms with Gasteiger partial charge in [-0.1, -0.05) is 11.6 Å². The molecule has 0 amide bonds. The topological polar surface area (TPSA) is 55.6 Å². The van der Waals surface area contributed by atoms with Gasteiger partial charge in [0.25, 0.3) is 0 Å². The number of benzene rings is 1. The van der Waals surface area contributed by atoms with Crippen molar-refractivity contribution in [1.29, 1.82) is 0 Å².